The molecule has 7 heteroatoms. The van der Waals surface area contributed by atoms with Gasteiger partial charge in [0.2, 0.25) is 0 Å². The molecule has 1 rings (SSSR count). The number of aliphatic hydroxyl groups is 1. The Kier molecular flexibility index (Phi) is 40.8. The van der Waals surface area contributed by atoms with E-state index in [0.29, 0.717) is 43.9 Å². The van der Waals surface area contributed by atoms with E-state index in [9.17, 15) is 14.7 Å². The van der Waals surface area contributed by atoms with Crippen molar-refractivity contribution in [2.75, 3.05) is 52.5 Å². The van der Waals surface area contributed by atoms with Crippen LogP contribution in [0.25, 0.3) is 0 Å². The molecule has 0 aromatic heterocycles. The molecule has 1 fully saturated rings. The van der Waals surface area contributed by atoms with Crippen LogP contribution in [-0.2, 0) is 19.1 Å². The van der Waals surface area contributed by atoms with Gasteiger partial charge in [0.15, 0.2) is 0 Å². The number of hydrogen-bond donors (Lipinski definition) is 1. The van der Waals surface area contributed by atoms with Crippen LogP contribution in [0.5, 0.6) is 0 Å². The van der Waals surface area contributed by atoms with Crippen LogP contribution in [0.2, 0.25) is 0 Å². The Morgan fingerprint density at radius 1 is 0.467 bits per heavy atom. The molecule has 0 radical (unpaired) electrons. The van der Waals surface area contributed by atoms with Crippen molar-refractivity contribution in [1.82, 2.24) is 9.80 Å². The molecule has 0 amide bonds. The molecule has 0 saturated heterocycles. The number of unbranched alkanes of at least 4 members (excludes halogenated alkanes) is 20. The summed E-state index contributed by atoms with van der Waals surface area (Å²) in [5.41, 5.74) is 0. The first-order valence-electron chi connectivity index (χ1n) is 26.9. The summed E-state index contributed by atoms with van der Waals surface area (Å²) in [7, 11) is 0. The van der Waals surface area contributed by atoms with Crippen LogP contribution in [0.4, 0.5) is 0 Å². The van der Waals surface area contributed by atoms with E-state index >= 15 is 0 Å². The first-order valence-corrected chi connectivity index (χ1v) is 26.9. The SMILES string of the molecule is CCCCCCCCC(CCCCCC)COC(=O)CCCCCN(CCCCCC(=O)OCC(CCCCCC)CCCCCCCC)CCN(CCO)C1CCCC1. The zero-order valence-corrected chi connectivity index (χ0v) is 40.8. The number of carbonyl (C=O) groups is 2. The lowest BCUT2D eigenvalue weighted by Gasteiger charge is -2.31. The fourth-order valence-corrected chi connectivity index (χ4v) is 9.38. The minimum atomic E-state index is -0.0107. The number of hydrogen-bond acceptors (Lipinski definition) is 7. The van der Waals surface area contributed by atoms with E-state index in [-0.39, 0.29) is 18.5 Å². The second-order valence-corrected chi connectivity index (χ2v) is 19.1. The smallest absolute Gasteiger partial charge is 0.305 e. The Balaban J connectivity index is 2.51. The van der Waals surface area contributed by atoms with Gasteiger partial charge in [0, 0.05) is 38.5 Å². The third kappa shape index (κ3) is 34.3. The molecule has 1 aliphatic carbocycles. The number of aliphatic hydroxyl groups excluding tert-OH is 1. The van der Waals surface area contributed by atoms with Crippen LogP contribution >= 0.6 is 0 Å². The van der Waals surface area contributed by atoms with Gasteiger partial charge < -0.3 is 19.5 Å². The van der Waals surface area contributed by atoms with Crippen LogP contribution in [0, 0.1) is 11.8 Å². The van der Waals surface area contributed by atoms with E-state index in [2.05, 4.69) is 37.5 Å². The molecule has 60 heavy (non-hydrogen) atoms. The fourth-order valence-electron chi connectivity index (χ4n) is 9.38. The van der Waals surface area contributed by atoms with Gasteiger partial charge in [0.05, 0.1) is 19.8 Å². The van der Waals surface area contributed by atoms with Gasteiger partial charge >= 0.3 is 11.9 Å². The van der Waals surface area contributed by atoms with Crippen molar-refractivity contribution in [1.29, 1.82) is 0 Å². The zero-order chi connectivity index (χ0) is 43.6. The largest absolute Gasteiger partial charge is 0.465 e. The molecule has 0 spiro atoms. The first kappa shape index (κ1) is 56.8. The third-order valence-electron chi connectivity index (χ3n) is 13.5. The summed E-state index contributed by atoms with van der Waals surface area (Å²) in [5.74, 6) is 1.01. The molecular formula is C53H104N2O5. The fraction of sp³-hybridized carbons (Fsp3) is 0.962. The molecule has 0 heterocycles. The number of nitrogens with zero attached hydrogens (tertiary/aromatic N) is 2. The molecule has 0 bridgehead atoms. The average molecular weight is 849 g/mol. The second kappa shape index (κ2) is 43.1. The predicted octanol–water partition coefficient (Wildman–Crippen LogP) is 14.4. The normalized spacial score (nSPS) is 14.4. The Morgan fingerprint density at radius 2 is 0.833 bits per heavy atom. The Hall–Kier alpha value is -1.18. The lowest BCUT2D eigenvalue weighted by atomic mass is 9.95. The summed E-state index contributed by atoms with van der Waals surface area (Å²) in [6, 6.07) is 0.611. The predicted molar refractivity (Wildman–Crippen MR) is 257 cm³/mol. The topological polar surface area (TPSA) is 79.3 Å². The molecule has 0 aromatic carbocycles. The summed E-state index contributed by atoms with van der Waals surface area (Å²) in [6.45, 7) is 15.4. The molecule has 1 saturated carbocycles. The molecule has 0 aromatic rings. The van der Waals surface area contributed by atoms with E-state index in [0.717, 1.165) is 71.2 Å². The number of rotatable bonds is 46. The highest BCUT2D eigenvalue weighted by atomic mass is 16.5. The maximum atomic E-state index is 12.8. The van der Waals surface area contributed by atoms with Crippen molar-refractivity contribution in [3.63, 3.8) is 0 Å². The van der Waals surface area contributed by atoms with Crippen molar-refractivity contribution >= 4 is 11.9 Å². The summed E-state index contributed by atoms with van der Waals surface area (Å²) < 4.78 is 11.8. The quantitative estimate of drug-likeness (QED) is 0.0483. The Bertz CT molecular complexity index is 869. The summed E-state index contributed by atoms with van der Waals surface area (Å²) in [5, 5.41) is 9.82. The molecular weight excluding hydrogens is 745 g/mol. The van der Waals surface area contributed by atoms with Crippen LogP contribution in [0.15, 0.2) is 0 Å². The van der Waals surface area contributed by atoms with Gasteiger partial charge in [-0.15, -0.1) is 0 Å². The molecule has 2 atom stereocenters. The van der Waals surface area contributed by atoms with Gasteiger partial charge in [-0.3, -0.25) is 14.5 Å². The summed E-state index contributed by atoms with van der Waals surface area (Å²) in [4.78, 5) is 30.8. The highest BCUT2D eigenvalue weighted by Crippen LogP contribution is 2.24. The van der Waals surface area contributed by atoms with Gasteiger partial charge in [0.1, 0.15) is 0 Å². The Morgan fingerprint density at radius 3 is 1.23 bits per heavy atom. The van der Waals surface area contributed by atoms with Gasteiger partial charge in [-0.25, -0.2) is 0 Å². The summed E-state index contributed by atoms with van der Waals surface area (Å²) >= 11 is 0. The number of esters is 2. The molecule has 1 aliphatic rings. The number of ether oxygens (including phenoxy) is 2. The van der Waals surface area contributed by atoms with Gasteiger partial charge in [-0.1, -0.05) is 182 Å². The van der Waals surface area contributed by atoms with E-state index < -0.39 is 0 Å². The first-order chi connectivity index (χ1) is 29.5. The molecule has 356 valence electrons. The second-order valence-electron chi connectivity index (χ2n) is 19.1. The van der Waals surface area contributed by atoms with Gasteiger partial charge in [0.25, 0.3) is 0 Å². The van der Waals surface area contributed by atoms with Crippen molar-refractivity contribution in [3.05, 3.63) is 0 Å². The van der Waals surface area contributed by atoms with Crippen molar-refractivity contribution < 1.29 is 24.2 Å². The van der Waals surface area contributed by atoms with Crippen LogP contribution in [0.1, 0.15) is 259 Å². The van der Waals surface area contributed by atoms with Crippen molar-refractivity contribution in [3.8, 4) is 0 Å². The van der Waals surface area contributed by atoms with E-state index in [4.69, 9.17) is 9.47 Å². The van der Waals surface area contributed by atoms with Crippen molar-refractivity contribution in [2.45, 2.75) is 265 Å². The van der Waals surface area contributed by atoms with Gasteiger partial charge in [-0.05, 0) is 89.1 Å². The van der Waals surface area contributed by atoms with E-state index in [1.165, 1.54) is 180 Å². The monoisotopic (exact) mass is 849 g/mol. The maximum absolute atomic E-state index is 12.8. The third-order valence-corrected chi connectivity index (χ3v) is 13.5. The van der Waals surface area contributed by atoms with Crippen molar-refractivity contribution in [2.24, 2.45) is 11.8 Å². The lowest BCUT2D eigenvalue weighted by Crippen LogP contribution is -2.42. The van der Waals surface area contributed by atoms with E-state index in [1.807, 2.05) is 0 Å². The zero-order valence-electron chi connectivity index (χ0n) is 40.8. The number of carbonyl (C=O) groups excluding carboxylic acids is 2. The highest BCUT2D eigenvalue weighted by Gasteiger charge is 2.22. The van der Waals surface area contributed by atoms with Crippen LogP contribution < -0.4 is 0 Å². The maximum Gasteiger partial charge on any atom is 0.305 e. The molecule has 0 aliphatic heterocycles. The minimum absolute atomic E-state index is 0.0107. The minimum Gasteiger partial charge on any atom is -0.465 e. The van der Waals surface area contributed by atoms with E-state index in [1.54, 1.807) is 0 Å². The summed E-state index contributed by atoms with van der Waals surface area (Å²) in [6.07, 6.45) is 43.0. The van der Waals surface area contributed by atoms with Crippen LogP contribution in [0.3, 0.4) is 0 Å². The molecule has 2 unspecified atom stereocenters. The Labute approximate surface area is 374 Å². The molecule has 1 N–H and O–H groups in total. The molecule has 7 nitrogen and oxygen atoms in total. The van der Waals surface area contributed by atoms with Crippen LogP contribution in [-0.4, -0.2) is 85.4 Å². The highest BCUT2D eigenvalue weighted by molar-refractivity contribution is 5.69. The standard InChI is InChI=1S/C53H104N2O5/c1-5-9-13-17-19-25-35-49(33-23-15-11-7-3)47-59-52(57)39-27-21-31-41-54(43-44-55(45-46-56)51-37-29-30-38-51)42-32-22-28-40-53(58)60-48-50(34-24-16-12-8-4)36-26-20-18-14-10-6-2/h49-51,56H,5-48H2,1-4H3. The van der Waals surface area contributed by atoms with Gasteiger partial charge in [-0.2, -0.15) is 0 Å². The average Bonchev–Trinajstić information content (AvgIpc) is 3.80. The lowest BCUT2D eigenvalue weighted by molar-refractivity contribution is -0.146.